The highest BCUT2D eigenvalue weighted by molar-refractivity contribution is 8.26. The lowest BCUT2D eigenvalue weighted by molar-refractivity contribution is -0.122. The van der Waals surface area contributed by atoms with E-state index in [0.29, 0.717) is 25.7 Å². The van der Waals surface area contributed by atoms with Crippen molar-refractivity contribution in [2.45, 2.75) is 6.42 Å². The first-order chi connectivity index (χ1) is 12.0. The summed E-state index contributed by atoms with van der Waals surface area (Å²) in [7, 11) is 0. The molecule has 1 fully saturated rings. The largest absolute Gasteiger partial charge is 0.465 e. The Bertz CT molecular complexity index is 832. The van der Waals surface area contributed by atoms with Gasteiger partial charge >= 0.3 is 0 Å². The third-order valence-corrected chi connectivity index (χ3v) is 5.01. The van der Waals surface area contributed by atoms with Crippen LogP contribution in [0.2, 0.25) is 5.02 Å². The summed E-state index contributed by atoms with van der Waals surface area (Å²) < 4.78 is 5.64. The normalized spacial score (nSPS) is 15.9. The van der Waals surface area contributed by atoms with Gasteiger partial charge in [0.15, 0.2) is 0 Å². The molecule has 25 heavy (non-hydrogen) atoms. The number of amides is 2. The molecule has 1 saturated heterocycles. The van der Waals surface area contributed by atoms with E-state index in [2.05, 4.69) is 5.32 Å². The van der Waals surface area contributed by atoms with E-state index in [-0.39, 0.29) is 24.8 Å². The minimum Gasteiger partial charge on any atom is -0.465 e. The van der Waals surface area contributed by atoms with Gasteiger partial charge in [0.1, 0.15) is 10.1 Å². The molecule has 8 heteroatoms. The predicted molar refractivity (Wildman–Crippen MR) is 103 cm³/mol. The Morgan fingerprint density at radius 1 is 1.32 bits per heavy atom. The second kappa shape index (κ2) is 7.86. The summed E-state index contributed by atoms with van der Waals surface area (Å²) in [6, 6.07) is 10.3. The van der Waals surface area contributed by atoms with Crippen LogP contribution in [0, 0.1) is 0 Å². The third-order valence-electron chi connectivity index (χ3n) is 3.38. The maximum Gasteiger partial charge on any atom is 0.266 e. The van der Waals surface area contributed by atoms with Crippen molar-refractivity contribution in [2.24, 2.45) is 0 Å². The topological polar surface area (TPSA) is 62.6 Å². The van der Waals surface area contributed by atoms with Crippen molar-refractivity contribution in [3.05, 3.63) is 58.3 Å². The molecule has 128 valence electrons. The van der Waals surface area contributed by atoms with Crippen molar-refractivity contribution >= 4 is 63.5 Å². The number of hydrogen-bond acceptors (Lipinski definition) is 5. The number of benzene rings is 1. The van der Waals surface area contributed by atoms with Crippen LogP contribution >= 0.6 is 35.6 Å². The molecule has 1 aliphatic heterocycles. The van der Waals surface area contributed by atoms with Crippen LogP contribution in [0.5, 0.6) is 0 Å². The van der Waals surface area contributed by atoms with Crippen LogP contribution in [0.3, 0.4) is 0 Å². The number of nitrogens with one attached hydrogen (secondary N) is 1. The van der Waals surface area contributed by atoms with Crippen LogP contribution in [0.4, 0.5) is 5.69 Å². The fraction of sp³-hybridized carbons (Fsp3) is 0.118. The summed E-state index contributed by atoms with van der Waals surface area (Å²) in [4.78, 5) is 26.4. The van der Waals surface area contributed by atoms with Crippen LogP contribution in [0.15, 0.2) is 52.0 Å². The van der Waals surface area contributed by atoms with Crippen LogP contribution in [-0.2, 0) is 9.59 Å². The number of thioether (sulfide) groups is 1. The molecule has 0 radical (unpaired) electrons. The first kappa shape index (κ1) is 17.7. The van der Waals surface area contributed by atoms with Gasteiger partial charge in [-0.3, -0.25) is 14.5 Å². The number of carbonyl (C=O) groups excluding carboxylic acids is 2. The number of anilines is 1. The van der Waals surface area contributed by atoms with Gasteiger partial charge in [-0.1, -0.05) is 35.6 Å². The molecule has 2 aromatic rings. The van der Waals surface area contributed by atoms with Crippen molar-refractivity contribution in [1.82, 2.24) is 4.90 Å². The van der Waals surface area contributed by atoms with Gasteiger partial charge in [-0.05, 0) is 36.4 Å². The van der Waals surface area contributed by atoms with Crippen molar-refractivity contribution < 1.29 is 14.0 Å². The maximum absolute atomic E-state index is 12.4. The summed E-state index contributed by atoms with van der Waals surface area (Å²) in [5, 5.41) is 3.35. The minimum absolute atomic E-state index is 0.142. The van der Waals surface area contributed by atoms with E-state index in [0.717, 1.165) is 0 Å². The van der Waals surface area contributed by atoms with Gasteiger partial charge < -0.3 is 9.73 Å². The zero-order valence-electron chi connectivity index (χ0n) is 12.9. The zero-order valence-corrected chi connectivity index (χ0v) is 15.3. The van der Waals surface area contributed by atoms with Gasteiger partial charge in [-0.15, -0.1) is 0 Å². The molecule has 0 unspecified atom stereocenters. The van der Waals surface area contributed by atoms with Crippen molar-refractivity contribution in [2.75, 3.05) is 11.9 Å². The molecule has 0 atom stereocenters. The van der Waals surface area contributed by atoms with Gasteiger partial charge in [0.05, 0.1) is 11.2 Å². The Kier molecular flexibility index (Phi) is 5.57. The fourth-order valence-corrected chi connectivity index (χ4v) is 3.58. The maximum atomic E-state index is 12.4. The molecule has 0 saturated carbocycles. The Morgan fingerprint density at radius 3 is 2.76 bits per heavy atom. The monoisotopic (exact) mass is 392 g/mol. The number of thiocarbonyl (C=S) groups is 1. The number of rotatable bonds is 5. The minimum atomic E-state index is -0.217. The number of furan rings is 1. The average molecular weight is 393 g/mol. The van der Waals surface area contributed by atoms with E-state index in [1.807, 2.05) is 0 Å². The SMILES string of the molecule is O=C(CCN1C(=O)C(=Cc2ccco2)SC1=S)Nc1ccc(Cl)cc1. The van der Waals surface area contributed by atoms with E-state index in [4.69, 9.17) is 28.2 Å². The van der Waals surface area contributed by atoms with Gasteiger partial charge in [-0.25, -0.2) is 0 Å². The molecule has 2 amide bonds. The number of halogens is 1. The molecular formula is C17H13ClN2O3S2. The summed E-state index contributed by atoms with van der Waals surface area (Å²) in [6.45, 7) is 0.222. The number of nitrogens with zero attached hydrogens (tertiary/aromatic N) is 1. The molecule has 1 aliphatic rings. The first-order valence-electron chi connectivity index (χ1n) is 7.37. The first-order valence-corrected chi connectivity index (χ1v) is 8.97. The van der Waals surface area contributed by atoms with E-state index >= 15 is 0 Å². The lowest BCUT2D eigenvalue weighted by atomic mass is 10.3. The summed E-state index contributed by atoms with van der Waals surface area (Å²) >= 11 is 12.2. The van der Waals surface area contributed by atoms with Gasteiger partial charge in [0, 0.05) is 29.8 Å². The molecule has 0 spiro atoms. The quantitative estimate of drug-likeness (QED) is 0.611. The van der Waals surface area contributed by atoms with Crippen molar-refractivity contribution in [3.8, 4) is 0 Å². The highest BCUT2D eigenvalue weighted by atomic mass is 35.5. The molecule has 1 N–H and O–H groups in total. The second-order valence-electron chi connectivity index (χ2n) is 5.15. The molecule has 2 heterocycles. The fourth-order valence-electron chi connectivity index (χ4n) is 2.17. The highest BCUT2D eigenvalue weighted by Gasteiger charge is 2.32. The molecule has 0 aliphatic carbocycles. The van der Waals surface area contributed by atoms with Crippen molar-refractivity contribution in [3.63, 3.8) is 0 Å². The number of hydrogen-bond donors (Lipinski definition) is 1. The van der Waals surface area contributed by atoms with E-state index in [1.165, 1.54) is 22.9 Å². The van der Waals surface area contributed by atoms with Crippen LogP contribution in [0.25, 0.3) is 6.08 Å². The Balaban J connectivity index is 1.57. The molecule has 5 nitrogen and oxygen atoms in total. The summed E-state index contributed by atoms with van der Waals surface area (Å²) in [6.07, 6.45) is 3.32. The van der Waals surface area contributed by atoms with Crippen LogP contribution in [-0.4, -0.2) is 27.6 Å². The average Bonchev–Trinajstić information content (AvgIpc) is 3.18. The third kappa shape index (κ3) is 4.50. The zero-order chi connectivity index (χ0) is 17.8. The van der Waals surface area contributed by atoms with Crippen LogP contribution in [0.1, 0.15) is 12.2 Å². The standard InChI is InChI=1S/C17H13ClN2O3S2/c18-11-3-5-12(6-4-11)19-15(21)7-8-20-16(22)14(25-17(20)24)10-13-2-1-9-23-13/h1-6,9-10H,7-8H2,(H,19,21). The highest BCUT2D eigenvalue weighted by Crippen LogP contribution is 2.32. The molecule has 1 aromatic carbocycles. The Labute approximate surface area is 159 Å². The van der Waals surface area contributed by atoms with E-state index in [9.17, 15) is 9.59 Å². The van der Waals surface area contributed by atoms with Gasteiger partial charge in [0.25, 0.3) is 5.91 Å². The Hall–Kier alpha value is -2.09. The second-order valence-corrected chi connectivity index (χ2v) is 7.27. The molecule has 1 aromatic heterocycles. The predicted octanol–water partition coefficient (Wildman–Crippen LogP) is 4.16. The molecule has 3 rings (SSSR count). The summed E-state index contributed by atoms with van der Waals surface area (Å²) in [5.74, 6) is 0.165. The van der Waals surface area contributed by atoms with Gasteiger partial charge in [0.2, 0.25) is 5.91 Å². The lowest BCUT2D eigenvalue weighted by Gasteiger charge is -2.14. The van der Waals surface area contributed by atoms with E-state index < -0.39 is 0 Å². The van der Waals surface area contributed by atoms with E-state index in [1.54, 1.807) is 42.5 Å². The Morgan fingerprint density at radius 2 is 2.08 bits per heavy atom. The lowest BCUT2D eigenvalue weighted by Crippen LogP contribution is -2.31. The van der Waals surface area contributed by atoms with Crippen molar-refractivity contribution in [1.29, 1.82) is 0 Å². The molecular weight excluding hydrogens is 380 g/mol. The summed E-state index contributed by atoms with van der Waals surface area (Å²) in [5.41, 5.74) is 0.650. The smallest absolute Gasteiger partial charge is 0.266 e. The van der Waals surface area contributed by atoms with Crippen LogP contribution < -0.4 is 5.32 Å². The number of carbonyl (C=O) groups is 2. The van der Waals surface area contributed by atoms with Gasteiger partial charge in [-0.2, -0.15) is 0 Å². The molecule has 0 bridgehead atoms.